The van der Waals surface area contributed by atoms with E-state index in [0.29, 0.717) is 6.61 Å². The summed E-state index contributed by atoms with van der Waals surface area (Å²) < 4.78 is 35.8. The Morgan fingerprint density at radius 1 is 1.90 bits per heavy atom. The third-order valence-corrected chi connectivity index (χ3v) is 1.42. The molecule has 0 saturated carbocycles. The lowest BCUT2D eigenvalue weighted by molar-refractivity contribution is -0.443. The third-order valence-electron chi connectivity index (χ3n) is 1.42. The van der Waals surface area contributed by atoms with Gasteiger partial charge < -0.3 is 19.3 Å². The molecular formula is C6H10O4. The number of ether oxygens (including phenoxy) is 3. The van der Waals surface area contributed by atoms with Gasteiger partial charge in [0.1, 0.15) is 6.08 Å². The summed E-state index contributed by atoms with van der Waals surface area (Å²) in [6.45, 7) is -2.02. The highest BCUT2D eigenvalue weighted by Crippen LogP contribution is 2.27. The maximum absolute atomic E-state index is 9.36. The first-order valence-electron chi connectivity index (χ1n) is 4.57. The molecule has 0 aromatic heterocycles. The lowest BCUT2D eigenvalue weighted by Gasteiger charge is -2.40. The lowest BCUT2D eigenvalue weighted by Crippen LogP contribution is -2.52. The molecule has 2 aliphatic rings. The lowest BCUT2D eigenvalue weighted by atomic mass is 10.2. The van der Waals surface area contributed by atoms with Crippen molar-refractivity contribution in [3.8, 4) is 0 Å². The van der Waals surface area contributed by atoms with E-state index in [1.807, 2.05) is 0 Å². The molecule has 0 aromatic carbocycles. The normalized spacial score (nSPS) is 62.7. The number of aliphatic hydroxyl groups is 1. The summed E-state index contributed by atoms with van der Waals surface area (Å²) >= 11 is 0. The van der Waals surface area contributed by atoms with Crippen molar-refractivity contribution in [2.75, 3.05) is 19.8 Å². The molecule has 0 radical (unpaired) electrons. The van der Waals surface area contributed by atoms with Crippen molar-refractivity contribution >= 4 is 0 Å². The summed E-state index contributed by atoms with van der Waals surface area (Å²) in [5.74, 6) is -1.79. The first-order valence-corrected chi connectivity index (χ1v) is 3.07. The summed E-state index contributed by atoms with van der Waals surface area (Å²) in [4.78, 5) is 0. The average Bonchev–Trinajstić information content (AvgIpc) is 1.99. The second-order valence-corrected chi connectivity index (χ2v) is 2.23. The Labute approximate surface area is 62.9 Å². The van der Waals surface area contributed by atoms with E-state index in [1.54, 1.807) is 0 Å². The molecule has 0 bridgehead atoms. The smallest absolute Gasteiger partial charge is 0.283 e. The van der Waals surface area contributed by atoms with Crippen LogP contribution in [0.2, 0.25) is 0 Å². The molecule has 0 amide bonds. The minimum absolute atomic E-state index is 0.203. The zero-order valence-electron chi connectivity index (χ0n) is 8.29. The Bertz CT molecular complexity index is 230. The second-order valence-electron chi connectivity index (χ2n) is 2.23. The molecule has 2 aliphatic heterocycles. The predicted octanol–water partition coefficient (Wildman–Crippen LogP) is -0.532. The van der Waals surface area contributed by atoms with E-state index >= 15 is 0 Å². The molecule has 2 fully saturated rings. The van der Waals surface area contributed by atoms with Crippen LogP contribution < -0.4 is 0 Å². The molecule has 2 unspecified atom stereocenters. The summed E-state index contributed by atoms with van der Waals surface area (Å²) in [5, 5.41) is 9.36. The van der Waals surface area contributed by atoms with E-state index in [0.717, 1.165) is 0 Å². The van der Waals surface area contributed by atoms with Crippen molar-refractivity contribution in [2.45, 2.75) is 18.5 Å². The predicted molar refractivity (Wildman–Crippen MR) is 31.2 cm³/mol. The maximum atomic E-state index is 9.36. The monoisotopic (exact) mass is 152 g/mol. The van der Waals surface area contributed by atoms with Crippen LogP contribution in [0.25, 0.3) is 0 Å². The Kier molecular flexibility index (Phi) is 0.869. The maximum Gasteiger partial charge on any atom is 0.283 e. The molecule has 2 atom stereocenters. The highest BCUT2D eigenvalue weighted by Gasteiger charge is 2.41. The van der Waals surface area contributed by atoms with E-state index in [9.17, 15) is 5.11 Å². The van der Waals surface area contributed by atoms with Gasteiger partial charge in [-0.2, -0.15) is 0 Å². The van der Waals surface area contributed by atoms with Crippen LogP contribution in [0.1, 0.15) is 10.5 Å². The fraction of sp³-hybridized carbons (Fsp3) is 1.00. The van der Waals surface area contributed by atoms with Gasteiger partial charge in [0.25, 0.3) is 5.97 Å². The Morgan fingerprint density at radius 2 is 2.70 bits per heavy atom. The molecule has 0 spiro atoms. The minimum atomic E-state index is -2.18. The molecule has 4 heteroatoms. The molecule has 2 rings (SSSR count). The van der Waals surface area contributed by atoms with E-state index in [4.69, 9.17) is 8.85 Å². The van der Waals surface area contributed by atoms with Crippen molar-refractivity contribution in [3.63, 3.8) is 0 Å². The zero-order chi connectivity index (χ0) is 9.74. The van der Waals surface area contributed by atoms with Gasteiger partial charge in [-0.05, 0) is 0 Å². The number of hydrogen-bond acceptors (Lipinski definition) is 4. The van der Waals surface area contributed by atoms with Crippen LogP contribution in [0.5, 0.6) is 0 Å². The van der Waals surface area contributed by atoms with Gasteiger partial charge in [-0.3, -0.25) is 0 Å². The van der Waals surface area contributed by atoms with Gasteiger partial charge in [0, 0.05) is 0 Å². The molecule has 0 aliphatic carbocycles. The van der Waals surface area contributed by atoms with Gasteiger partial charge in [0.05, 0.1) is 30.3 Å². The Morgan fingerprint density at radius 3 is 3.00 bits per heavy atom. The van der Waals surface area contributed by atoms with Gasteiger partial charge in [-0.25, -0.2) is 0 Å². The first-order chi connectivity index (χ1) is 5.87. The van der Waals surface area contributed by atoms with E-state index in [2.05, 4.69) is 9.47 Å². The van der Waals surface area contributed by atoms with E-state index in [1.165, 1.54) is 0 Å². The van der Waals surface area contributed by atoms with Crippen molar-refractivity contribution < 1.29 is 23.4 Å². The summed E-state index contributed by atoms with van der Waals surface area (Å²) in [5.41, 5.74) is 0. The van der Waals surface area contributed by atoms with Crippen LogP contribution in [-0.4, -0.2) is 36.9 Å². The average molecular weight is 152 g/mol. The fourth-order valence-corrected chi connectivity index (χ4v) is 0.731. The zero-order valence-corrected chi connectivity index (χ0v) is 5.29. The molecule has 2 heterocycles. The molecule has 58 valence electrons. The van der Waals surface area contributed by atoms with Crippen LogP contribution in [0.3, 0.4) is 0 Å². The highest BCUT2D eigenvalue weighted by atomic mass is 16.8. The summed E-state index contributed by atoms with van der Waals surface area (Å²) in [7, 11) is 0. The van der Waals surface area contributed by atoms with Gasteiger partial charge in [-0.1, -0.05) is 0 Å². The van der Waals surface area contributed by atoms with Crippen molar-refractivity contribution in [1.82, 2.24) is 0 Å². The van der Waals surface area contributed by atoms with Crippen molar-refractivity contribution in [2.24, 2.45) is 0 Å². The molecule has 0 aromatic rings. The second kappa shape index (κ2) is 2.17. The standard InChI is InChI=1S/C6H10O4/c7-6(1-2-9-6)10-5-3-8-4-5/h5,7H,1-4H2/i3T2,5T. The molecule has 2 saturated heterocycles. The van der Waals surface area contributed by atoms with E-state index in [-0.39, 0.29) is 13.0 Å². The Balaban J connectivity index is 2.01. The van der Waals surface area contributed by atoms with Crippen LogP contribution in [-0.2, 0) is 14.2 Å². The van der Waals surface area contributed by atoms with Crippen LogP contribution in [0, 0.1) is 0 Å². The van der Waals surface area contributed by atoms with E-state index < -0.39 is 18.6 Å². The van der Waals surface area contributed by atoms with Crippen molar-refractivity contribution in [3.05, 3.63) is 0 Å². The Hall–Kier alpha value is -0.160. The van der Waals surface area contributed by atoms with Gasteiger partial charge in [0.15, 0.2) is 0 Å². The quantitative estimate of drug-likeness (QED) is 0.540. The van der Waals surface area contributed by atoms with Crippen LogP contribution in [0.4, 0.5) is 0 Å². The van der Waals surface area contributed by atoms with Gasteiger partial charge in [0.2, 0.25) is 0 Å². The summed E-state index contributed by atoms with van der Waals surface area (Å²) in [6.07, 6.45) is -1.61. The summed E-state index contributed by atoms with van der Waals surface area (Å²) in [6, 6.07) is 0. The van der Waals surface area contributed by atoms with Crippen LogP contribution >= 0.6 is 0 Å². The largest absolute Gasteiger partial charge is 0.376 e. The number of rotatable bonds is 2. The van der Waals surface area contributed by atoms with Crippen molar-refractivity contribution in [1.29, 1.82) is 0 Å². The van der Waals surface area contributed by atoms with Gasteiger partial charge in [-0.15, -0.1) is 0 Å². The third kappa shape index (κ3) is 1.03. The first kappa shape index (κ1) is 4.01. The topological polar surface area (TPSA) is 47.9 Å². The molecule has 1 N–H and O–H groups in total. The fourth-order valence-electron chi connectivity index (χ4n) is 0.731. The van der Waals surface area contributed by atoms with Crippen LogP contribution in [0.15, 0.2) is 0 Å². The minimum Gasteiger partial charge on any atom is -0.376 e. The molecule has 10 heavy (non-hydrogen) atoms. The number of hydrogen-bond donors (Lipinski definition) is 1. The van der Waals surface area contributed by atoms with Gasteiger partial charge >= 0.3 is 0 Å². The SMILES string of the molecule is [3H]C1([3H])OCC1([3H])OC1(O)CCO1. The molecule has 4 nitrogen and oxygen atoms in total. The molecular weight excluding hydrogens is 136 g/mol. The highest BCUT2D eigenvalue weighted by molar-refractivity contribution is 4.71.